The Balaban J connectivity index is 2.04. The lowest BCUT2D eigenvalue weighted by atomic mass is 9.80. The summed E-state index contributed by atoms with van der Waals surface area (Å²) < 4.78 is 0. The van der Waals surface area contributed by atoms with Crippen molar-refractivity contribution in [3.63, 3.8) is 0 Å². The van der Waals surface area contributed by atoms with Crippen LogP contribution in [0.25, 0.3) is 0 Å². The minimum Gasteiger partial charge on any atom is -0.357 e. The number of hydrogen-bond acceptors (Lipinski definition) is 2. The molecule has 19 heavy (non-hydrogen) atoms. The standard InChI is InChI=1S/C15H24N2O2/c1-11(12-6-7-12)10-13(18)17-15(14(19)16-2)8-4-3-5-9-15/h10,12H,3-9H2,1-2H3,(H,16,19)(H,17,18). The van der Waals surface area contributed by atoms with E-state index in [9.17, 15) is 9.59 Å². The summed E-state index contributed by atoms with van der Waals surface area (Å²) in [5.74, 6) is 0.418. The van der Waals surface area contributed by atoms with Gasteiger partial charge < -0.3 is 10.6 Å². The SMILES string of the molecule is CNC(=O)C1(NC(=O)C=C(C)C2CC2)CCCCC1. The quantitative estimate of drug-likeness (QED) is 0.762. The maximum atomic E-state index is 12.1. The fourth-order valence-electron chi connectivity index (χ4n) is 2.94. The minimum absolute atomic E-state index is 0.0574. The summed E-state index contributed by atoms with van der Waals surface area (Å²) >= 11 is 0. The van der Waals surface area contributed by atoms with Crippen molar-refractivity contribution >= 4 is 11.8 Å². The first-order chi connectivity index (χ1) is 9.07. The summed E-state index contributed by atoms with van der Waals surface area (Å²) in [5.41, 5.74) is 0.449. The lowest BCUT2D eigenvalue weighted by molar-refractivity contribution is -0.133. The largest absolute Gasteiger partial charge is 0.357 e. The van der Waals surface area contributed by atoms with Crippen LogP contribution >= 0.6 is 0 Å². The Kier molecular flexibility index (Phi) is 4.27. The summed E-state index contributed by atoms with van der Waals surface area (Å²) in [5, 5.41) is 5.66. The maximum Gasteiger partial charge on any atom is 0.245 e. The van der Waals surface area contributed by atoms with Crippen LogP contribution in [0.5, 0.6) is 0 Å². The second-order valence-electron chi connectivity index (χ2n) is 5.87. The lowest BCUT2D eigenvalue weighted by Crippen LogP contribution is -2.58. The fourth-order valence-corrected chi connectivity index (χ4v) is 2.94. The molecule has 0 atom stereocenters. The molecule has 2 amide bonds. The highest BCUT2D eigenvalue weighted by atomic mass is 16.2. The monoisotopic (exact) mass is 264 g/mol. The molecule has 0 spiro atoms. The molecule has 0 bridgehead atoms. The van der Waals surface area contributed by atoms with Crippen LogP contribution < -0.4 is 10.6 Å². The number of carbonyl (C=O) groups excluding carboxylic acids is 2. The van der Waals surface area contributed by atoms with Crippen LogP contribution in [0.1, 0.15) is 51.9 Å². The van der Waals surface area contributed by atoms with E-state index in [1.54, 1.807) is 13.1 Å². The molecule has 0 aliphatic heterocycles. The first-order valence-corrected chi connectivity index (χ1v) is 7.30. The van der Waals surface area contributed by atoms with Gasteiger partial charge in [0, 0.05) is 13.1 Å². The number of likely N-dealkylation sites (N-methyl/N-ethyl adjacent to an activating group) is 1. The van der Waals surface area contributed by atoms with E-state index in [0.29, 0.717) is 5.92 Å². The molecule has 0 saturated heterocycles. The van der Waals surface area contributed by atoms with Gasteiger partial charge >= 0.3 is 0 Å². The number of carbonyl (C=O) groups is 2. The van der Waals surface area contributed by atoms with Crippen LogP contribution in [0, 0.1) is 5.92 Å². The van der Waals surface area contributed by atoms with Crippen LogP contribution in [-0.2, 0) is 9.59 Å². The van der Waals surface area contributed by atoms with E-state index in [0.717, 1.165) is 37.7 Å². The molecule has 0 aromatic heterocycles. The number of amides is 2. The Morgan fingerprint density at radius 2 is 1.79 bits per heavy atom. The predicted molar refractivity (Wildman–Crippen MR) is 74.5 cm³/mol. The molecule has 2 saturated carbocycles. The average Bonchev–Trinajstić information content (AvgIpc) is 3.22. The van der Waals surface area contributed by atoms with Crippen molar-refractivity contribution in [3.05, 3.63) is 11.6 Å². The van der Waals surface area contributed by atoms with Gasteiger partial charge in [-0.15, -0.1) is 0 Å². The highest BCUT2D eigenvalue weighted by Gasteiger charge is 2.40. The van der Waals surface area contributed by atoms with Gasteiger partial charge in [0.05, 0.1) is 0 Å². The van der Waals surface area contributed by atoms with Crippen LogP contribution in [0.4, 0.5) is 0 Å². The van der Waals surface area contributed by atoms with Gasteiger partial charge in [-0.1, -0.05) is 24.8 Å². The first kappa shape index (κ1) is 14.1. The lowest BCUT2D eigenvalue weighted by Gasteiger charge is -2.35. The third-order valence-corrected chi connectivity index (χ3v) is 4.31. The highest BCUT2D eigenvalue weighted by molar-refractivity contribution is 5.95. The molecule has 2 rings (SSSR count). The zero-order valence-electron chi connectivity index (χ0n) is 11.9. The van der Waals surface area contributed by atoms with E-state index >= 15 is 0 Å². The Morgan fingerprint density at radius 3 is 2.32 bits per heavy atom. The third-order valence-electron chi connectivity index (χ3n) is 4.31. The molecular formula is C15H24N2O2. The van der Waals surface area contributed by atoms with Crippen molar-refractivity contribution in [2.45, 2.75) is 57.4 Å². The Labute approximate surface area is 115 Å². The van der Waals surface area contributed by atoms with Crippen molar-refractivity contribution in [1.82, 2.24) is 10.6 Å². The van der Waals surface area contributed by atoms with Crippen LogP contribution in [0.3, 0.4) is 0 Å². The number of rotatable bonds is 4. The number of nitrogens with one attached hydrogen (secondary N) is 2. The van der Waals surface area contributed by atoms with Gasteiger partial charge in [-0.05, 0) is 38.5 Å². The normalized spacial score (nSPS) is 22.7. The summed E-state index contributed by atoms with van der Waals surface area (Å²) in [6, 6.07) is 0. The Bertz CT molecular complexity index is 391. The van der Waals surface area contributed by atoms with E-state index < -0.39 is 5.54 Å². The summed E-state index contributed by atoms with van der Waals surface area (Å²) in [6.45, 7) is 2.00. The highest BCUT2D eigenvalue weighted by Crippen LogP contribution is 2.36. The number of allylic oxidation sites excluding steroid dienone is 1. The molecule has 0 unspecified atom stereocenters. The minimum atomic E-state index is -0.690. The van der Waals surface area contributed by atoms with E-state index in [4.69, 9.17) is 0 Å². The van der Waals surface area contributed by atoms with Gasteiger partial charge in [-0.3, -0.25) is 9.59 Å². The van der Waals surface area contributed by atoms with Crippen molar-refractivity contribution in [1.29, 1.82) is 0 Å². The smallest absolute Gasteiger partial charge is 0.245 e. The summed E-state index contributed by atoms with van der Waals surface area (Å²) in [7, 11) is 1.64. The molecule has 2 fully saturated rings. The summed E-state index contributed by atoms with van der Waals surface area (Å²) in [4.78, 5) is 24.2. The van der Waals surface area contributed by atoms with Gasteiger partial charge in [-0.2, -0.15) is 0 Å². The van der Waals surface area contributed by atoms with Gasteiger partial charge in [-0.25, -0.2) is 0 Å². The van der Waals surface area contributed by atoms with Crippen molar-refractivity contribution in [2.24, 2.45) is 5.92 Å². The zero-order chi connectivity index (χ0) is 13.9. The Hall–Kier alpha value is -1.32. The topological polar surface area (TPSA) is 58.2 Å². The number of hydrogen-bond donors (Lipinski definition) is 2. The van der Waals surface area contributed by atoms with Gasteiger partial charge in [0.2, 0.25) is 11.8 Å². The second-order valence-corrected chi connectivity index (χ2v) is 5.87. The van der Waals surface area contributed by atoms with Crippen molar-refractivity contribution in [2.75, 3.05) is 7.05 Å². The molecule has 106 valence electrons. The van der Waals surface area contributed by atoms with Crippen LogP contribution in [0.15, 0.2) is 11.6 Å². The molecular weight excluding hydrogens is 240 g/mol. The second kappa shape index (κ2) is 5.76. The van der Waals surface area contributed by atoms with E-state index in [-0.39, 0.29) is 11.8 Å². The first-order valence-electron chi connectivity index (χ1n) is 7.30. The van der Waals surface area contributed by atoms with Crippen molar-refractivity contribution < 1.29 is 9.59 Å². The molecule has 0 radical (unpaired) electrons. The van der Waals surface area contributed by atoms with Gasteiger partial charge in [0.25, 0.3) is 0 Å². The summed E-state index contributed by atoms with van der Waals surface area (Å²) in [6.07, 6.45) is 8.69. The van der Waals surface area contributed by atoms with Crippen LogP contribution in [-0.4, -0.2) is 24.4 Å². The van der Waals surface area contributed by atoms with Crippen molar-refractivity contribution in [3.8, 4) is 0 Å². The van der Waals surface area contributed by atoms with E-state index in [1.807, 2.05) is 6.92 Å². The van der Waals surface area contributed by atoms with Gasteiger partial charge in [0.15, 0.2) is 0 Å². The molecule has 2 aliphatic rings. The fraction of sp³-hybridized carbons (Fsp3) is 0.733. The molecule has 2 N–H and O–H groups in total. The predicted octanol–water partition coefficient (Wildman–Crippen LogP) is 1.91. The van der Waals surface area contributed by atoms with E-state index in [2.05, 4.69) is 10.6 Å². The molecule has 0 aromatic carbocycles. The molecule has 0 heterocycles. The van der Waals surface area contributed by atoms with E-state index in [1.165, 1.54) is 12.8 Å². The molecule has 0 aromatic rings. The third kappa shape index (κ3) is 3.37. The molecule has 4 heteroatoms. The van der Waals surface area contributed by atoms with Gasteiger partial charge in [0.1, 0.15) is 5.54 Å². The average molecular weight is 264 g/mol. The Morgan fingerprint density at radius 1 is 1.16 bits per heavy atom. The zero-order valence-corrected chi connectivity index (χ0v) is 11.9. The van der Waals surface area contributed by atoms with Crippen LogP contribution in [0.2, 0.25) is 0 Å². The molecule has 4 nitrogen and oxygen atoms in total. The maximum absolute atomic E-state index is 12.1. The molecule has 2 aliphatic carbocycles.